The van der Waals surface area contributed by atoms with E-state index in [-0.39, 0.29) is 24.2 Å². The molecule has 0 saturated carbocycles. The lowest BCUT2D eigenvalue weighted by atomic mass is 9.73. The van der Waals surface area contributed by atoms with Crippen molar-refractivity contribution >= 4 is 24.2 Å². The van der Waals surface area contributed by atoms with Crippen LogP contribution in [0.1, 0.15) is 51.7 Å². The first-order valence-corrected chi connectivity index (χ1v) is 8.39. The van der Waals surface area contributed by atoms with Gasteiger partial charge in [-0.3, -0.25) is 4.79 Å². The Morgan fingerprint density at radius 2 is 1.57 bits per heavy atom. The van der Waals surface area contributed by atoms with Crippen LogP contribution in [0.15, 0.2) is 12.1 Å². The molecule has 0 spiro atoms. The molecule has 124 valence electrons. The maximum atomic E-state index is 12.0. The van der Waals surface area contributed by atoms with Gasteiger partial charge in [-0.05, 0) is 76.7 Å². The highest BCUT2D eigenvalue weighted by Gasteiger charge is 2.52. The molecule has 0 aromatic heterocycles. The Morgan fingerprint density at radius 1 is 1.04 bits per heavy atom. The van der Waals surface area contributed by atoms with E-state index in [1.165, 1.54) is 0 Å². The van der Waals surface area contributed by atoms with Crippen molar-refractivity contribution in [1.29, 1.82) is 0 Å². The van der Waals surface area contributed by atoms with Gasteiger partial charge in [-0.1, -0.05) is 0 Å². The Balaban J connectivity index is 1.95. The summed E-state index contributed by atoms with van der Waals surface area (Å²) in [5, 5.41) is 0. The van der Waals surface area contributed by atoms with E-state index in [9.17, 15) is 4.79 Å². The number of benzene rings is 1. The Hall–Kier alpha value is -1.33. The zero-order valence-corrected chi connectivity index (χ0v) is 15.0. The fourth-order valence-corrected chi connectivity index (χ4v) is 3.36. The number of hydrogen-bond donors (Lipinski definition) is 0. The van der Waals surface area contributed by atoms with Crippen LogP contribution in [-0.2, 0) is 14.1 Å². The minimum atomic E-state index is -0.358. The Morgan fingerprint density at radius 3 is 2.00 bits per heavy atom. The van der Waals surface area contributed by atoms with Crippen molar-refractivity contribution in [2.75, 3.05) is 11.4 Å². The average molecular weight is 315 g/mol. The van der Waals surface area contributed by atoms with E-state index < -0.39 is 0 Å². The summed E-state index contributed by atoms with van der Waals surface area (Å²) in [4.78, 5) is 13.9. The first kappa shape index (κ1) is 16.5. The third kappa shape index (κ3) is 2.70. The fourth-order valence-electron chi connectivity index (χ4n) is 3.36. The summed E-state index contributed by atoms with van der Waals surface area (Å²) < 4.78 is 12.4. The molecule has 0 atom stereocenters. The van der Waals surface area contributed by atoms with Crippen LogP contribution in [0.3, 0.4) is 0 Å². The second-order valence-corrected chi connectivity index (χ2v) is 7.73. The van der Waals surface area contributed by atoms with Crippen LogP contribution in [0.5, 0.6) is 0 Å². The molecule has 2 aliphatic rings. The van der Waals surface area contributed by atoms with Crippen LogP contribution in [-0.4, -0.2) is 30.8 Å². The fraction of sp³-hybridized carbons (Fsp3) is 0.611. The third-order valence-electron chi connectivity index (χ3n) is 5.45. The molecule has 2 aliphatic heterocycles. The molecule has 1 aromatic carbocycles. The zero-order chi connectivity index (χ0) is 17.0. The van der Waals surface area contributed by atoms with Crippen molar-refractivity contribution < 1.29 is 14.1 Å². The van der Waals surface area contributed by atoms with Gasteiger partial charge < -0.3 is 14.2 Å². The number of nitrogens with zero attached hydrogens (tertiary/aromatic N) is 1. The summed E-state index contributed by atoms with van der Waals surface area (Å²) in [6.45, 7) is 13.2. The summed E-state index contributed by atoms with van der Waals surface area (Å²) in [5.74, 6) is 0.215. The van der Waals surface area contributed by atoms with Crippen molar-refractivity contribution in [3.05, 3.63) is 23.3 Å². The topological polar surface area (TPSA) is 38.8 Å². The smallest absolute Gasteiger partial charge is 0.399 e. The summed E-state index contributed by atoms with van der Waals surface area (Å²) in [5.41, 5.74) is 3.60. The Labute approximate surface area is 139 Å². The van der Waals surface area contributed by atoms with Crippen molar-refractivity contribution in [3.8, 4) is 0 Å². The Bertz CT molecular complexity index is 615. The van der Waals surface area contributed by atoms with E-state index in [0.29, 0.717) is 6.42 Å². The van der Waals surface area contributed by atoms with Gasteiger partial charge in [0.05, 0.1) is 11.2 Å². The maximum absolute atomic E-state index is 12.0. The van der Waals surface area contributed by atoms with Crippen molar-refractivity contribution in [3.63, 3.8) is 0 Å². The van der Waals surface area contributed by atoms with Gasteiger partial charge in [-0.15, -0.1) is 0 Å². The molecule has 0 unspecified atom stereocenters. The average Bonchev–Trinajstić information content (AvgIpc) is 2.90. The normalized spacial score (nSPS) is 23.0. The predicted molar refractivity (Wildman–Crippen MR) is 93.2 cm³/mol. The summed E-state index contributed by atoms with van der Waals surface area (Å²) in [6, 6.07) is 4.16. The maximum Gasteiger partial charge on any atom is 0.495 e. The van der Waals surface area contributed by atoms with Crippen molar-refractivity contribution in [1.82, 2.24) is 0 Å². The van der Waals surface area contributed by atoms with Gasteiger partial charge >= 0.3 is 7.12 Å². The number of carbonyl (C=O) groups excluding carboxylic acids is 1. The van der Waals surface area contributed by atoms with Crippen LogP contribution in [0, 0.1) is 13.8 Å². The summed E-state index contributed by atoms with van der Waals surface area (Å²) in [7, 11) is -0.358. The minimum Gasteiger partial charge on any atom is -0.399 e. The highest BCUT2D eigenvalue weighted by atomic mass is 16.7. The van der Waals surface area contributed by atoms with Crippen molar-refractivity contribution in [2.45, 2.75) is 65.6 Å². The standard InChI is InChI=1S/C18H26BNO3/c1-12-10-14(20-9-7-8-15(20)21)11-13(2)16(12)19-22-17(3,4)18(5,6)23-19/h10-11H,7-9H2,1-6H3. The highest BCUT2D eigenvalue weighted by Crippen LogP contribution is 2.37. The quantitative estimate of drug-likeness (QED) is 0.788. The molecule has 0 N–H and O–H groups in total. The van der Waals surface area contributed by atoms with E-state index in [0.717, 1.165) is 35.2 Å². The SMILES string of the molecule is Cc1cc(N2CCCC2=O)cc(C)c1B1OC(C)(C)C(C)(C)O1. The first-order chi connectivity index (χ1) is 10.6. The second kappa shape index (κ2) is 5.35. The van der Waals surface area contributed by atoms with Crippen LogP contribution >= 0.6 is 0 Å². The van der Waals surface area contributed by atoms with Gasteiger partial charge in [-0.2, -0.15) is 0 Å². The largest absolute Gasteiger partial charge is 0.495 e. The van der Waals surface area contributed by atoms with Gasteiger partial charge in [0, 0.05) is 18.7 Å². The van der Waals surface area contributed by atoms with Crippen molar-refractivity contribution in [2.24, 2.45) is 0 Å². The number of hydrogen-bond acceptors (Lipinski definition) is 3. The van der Waals surface area contributed by atoms with Gasteiger partial charge in [0.15, 0.2) is 0 Å². The number of aryl methyl sites for hydroxylation is 2. The molecule has 5 heteroatoms. The van der Waals surface area contributed by atoms with E-state index in [1.807, 2.05) is 4.90 Å². The van der Waals surface area contributed by atoms with E-state index in [4.69, 9.17) is 9.31 Å². The molecule has 2 fully saturated rings. The van der Waals surface area contributed by atoms with E-state index in [1.54, 1.807) is 0 Å². The van der Waals surface area contributed by atoms with Crippen LogP contribution in [0.25, 0.3) is 0 Å². The molecule has 2 saturated heterocycles. The minimum absolute atomic E-state index is 0.215. The van der Waals surface area contributed by atoms with Gasteiger partial charge in [-0.25, -0.2) is 0 Å². The van der Waals surface area contributed by atoms with Gasteiger partial charge in [0.2, 0.25) is 5.91 Å². The molecular formula is C18H26BNO3. The number of amides is 1. The number of anilines is 1. The second-order valence-electron chi connectivity index (χ2n) is 7.73. The molecule has 0 bridgehead atoms. The van der Waals surface area contributed by atoms with Crippen LogP contribution in [0.4, 0.5) is 5.69 Å². The van der Waals surface area contributed by atoms with Crippen LogP contribution in [0.2, 0.25) is 0 Å². The lowest BCUT2D eigenvalue weighted by Gasteiger charge is -2.32. The summed E-state index contributed by atoms with van der Waals surface area (Å²) in [6.07, 6.45) is 1.59. The molecule has 3 rings (SSSR count). The molecular weight excluding hydrogens is 289 g/mol. The molecule has 23 heavy (non-hydrogen) atoms. The van der Waals surface area contributed by atoms with Gasteiger partial charge in [0.1, 0.15) is 0 Å². The highest BCUT2D eigenvalue weighted by molar-refractivity contribution is 6.63. The monoisotopic (exact) mass is 315 g/mol. The predicted octanol–water partition coefficient (Wildman–Crippen LogP) is 2.73. The first-order valence-electron chi connectivity index (χ1n) is 8.39. The molecule has 0 aliphatic carbocycles. The molecule has 2 heterocycles. The zero-order valence-electron chi connectivity index (χ0n) is 15.0. The third-order valence-corrected chi connectivity index (χ3v) is 5.45. The number of rotatable bonds is 2. The van der Waals surface area contributed by atoms with Gasteiger partial charge in [0.25, 0.3) is 0 Å². The summed E-state index contributed by atoms with van der Waals surface area (Å²) >= 11 is 0. The van der Waals surface area contributed by atoms with Crippen LogP contribution < -0.4 is 10.4 Å². The lowest BCUT2D eigenvalue weighted by Crippen LogP contribution is -2.41. The lowest BCUT2D eigenvalue weighted by molar-refractivity contribution is -0.117. The Kier molecular flexibility index (Phi) is 3.85. The van der Waals surface area contributed by atoms with E-state index >= 15 is 0 Å². The number of carbonyl (C=O) groups is 1. The molecule has 1 amide bonds. The molecule has 1 aromatic rings. The molecule has 4 nitrogen and oxygen atoms in total. The van der Waals surface area contributed by atoms with E-state index in [2.05, 4.69) is 53.7 Å². The molecule has 0 radical (unpaired) electrons.